The van der Waals surface area contributed by atoms with Gasteiger partial charge in [0.15, 0.2) is 0 Å². The van der Waals surface area contributed by atoms with E-state index in [-0.39, 0.29) is 0 Å². The highest BCUT2D eigenvalue weighted by Crippen LogP contribution is 2.17. The smallest absolute Gasteiger partial charge is 0.229 e. The summed E-state index contributed by atoms with van der Waals surface area (Å²) in [6.45, 7) is 4.52. The number of nitrogens with one attached hydrogen (secondary N) is 1. The molecule has 0 saturated heterocycles. The minimum Gasteiger partial charge on any atom is -0.481 e. The van der Waals surface area contributed by atoms with Crippen LogP contribution in [0.15, 0.2) is 6.07 Å². The molecule has 1 rings (SSSR count). The SMILES string of the molecule is COc1cc(OC)nc(NCC(O)CC(C)C)n1. The summed E-state index contributed by atoms with van der Waals surface area (Å²) in [4.78, 5) is 8.23. The Balaban J connectivity index is 2.60. The highest BCUT2D eigenvalue weighted by Gasteiger charge is 2.09. The first-order valence-corrected chi connectivity index (χ1v) is 5.94. The van der Waals surface area contributed by atoms with Crippen LogP contribution in [0.25, 0.3) is 0 Å². The molecule has 0 bridgehead atoms. The van der Waals surface area contributed by atoms with Gasteiger partial charge in [-0.1, -0.05) is 13.8 Å². The normalized spacial score (nSPS) is 12.3. The standard InChI is InChI=1S/C12H21N3O3/c1-8(2)5-9(16)7-13-12-14-10(17-3)6-11(15-12)18-4/h6,8-9,16H,5,7H2,1-4H3,(H,13,14,15). The second kappa shape index (κ2) is 7.00. The molecule has 0 spiro atoms. The molecule has 1 atom stereocenters. The van der Waals surface area contributed by atoms with Gasteiger partial charge in [0.1, 0.15) is 0 Å². The molecule has 1 aromatic rings. The lowest BCUT2D eigenvalue weighted by molar-refractivity contribution is 0.161. The van der Waals surface area contributed by atoms with E-state index in [1.807, 2.05) is 0 Å². The average Bonchev–Trinajstić information content (AvgIpc) is 2.35. The molecule has 6 heteroatoms. The zero-order chi connectivity index (χ0) is 13.5. The zero-order valence-electron chi connectivity index (χ0n) is 11.3. The molecule has 0 aromatic carbocycles. The van der Waals surface area contributed by atoms with Crippen LogP contribution in [-0.4, -0.2) is 41.9 Å². The zero-order valence-corrected chi connectivity index (χ0v) is 11.3. The van der Waals surface area contributed by atoms with Crippen molar-refractivity contribution in [2.45, 2.75) is 26.4 Å². The number of methoxy groups -OCH3 is 2. The molecule has 0 aliphatic rings. The van der Waals surface area contributed by atoms with Crippen LogP contribution in [0.4, 0.5) is 5.95 Å². The maximum atomic E-state index is 9.75. The third-order valence-corrected chi connectivity index (χ3v) is 2.34. The van der Waals surface area contributed by atoms with Crippen LogP contribution < -0.4 is 14.8 Å². The predicted molar refractivity (Wildman–Crippen MR) is 69.1 cm³/mol. The number of aliphatic hydroxyl groups excluding tert-OH is 1. The van der Waals surface area contributed by atoms with E-state index in [0.29, 0.717) is 30.2 Å². The van der Waals surface area contributed by atoms with Gasteiger partial charge in [0.25, 0.3) is 0 Å². The van der Waals surface area contributed by atoms with Gasteiger partial charge >= 0.3 is 0 Å². The summed E-state index contributed by atoms with van der Waals surface area (Å²) in [5.41, 5.74) is 0. The predicted octanol–water partition coefficient (Wildman–Crippen LogP) is 1.31. The van der Waals surface area contributed by atoms with Crippen molar-refractivity contribution in [1.82, 2.24) is 9.97 Å². The monoisotopic (exact) mass is 255 g/mol. The van der Waals surface area contributed by atoms with Crippen LogP contribution in [0, 0.1) is 5.92 Å². The van der Waals surface area contributed by atoms with Crippen LogP contribution in [0.5, 0.6) is 11.8 Å². The van der Waals surface area contributed by atoms with E-state index >= 15 is 0 Å². The molecule has 0 aliphatic heterocycles. The van der Waals surface area contributed by atoms with Gasteiger partial charge in [0.05, 0.1) is 26.4 Å². The number of aromatic nitrogens is 2. The second-order valence-corrected chi connectivity index (χ2v) is 4.44. The van der Waals surface area contributed by atoms with Crippen molar-refractivity contribution in [1.29, 1.82) is 0 Å². The van der Waals surface area contributed by atoms with Crippen LogP contribution in [-0.2, 0) is 0 Å². The Bertz CT molecular complexity index is 349. The van der Waals surface area contributed by atoms with E-state index < -0.39 is 6.10 Å². The van der Waals surface area contributed by atoms with E-state index in [1.165, 1.54) is 14.2 Å². The Morgan fingerprint density at radius 2 is 1.78 bits per heavy atom. The maximum absolute atomic E-state index is 9.75. The Morgan fingerprint density at radius 1 is 1.22 bits per heavy atom. The topological polar surface area (TPSA) is 76.5 Å². The van der Waals surface area contributed by atoms with E-state index in [0.717, 1.165) is 6.42 Å². The number of aliphatic hydroxyl groups is 1. The van der Waals surface area contributed by atoms with Gasteiger partial charge in [-0.25, -0.2) is 0 Å². The van der Waals surface area contributed by atoms with Crippen LogP contribution in [0.3, 0.4) is 0 Å². The van der Waals surface area contributed by atoms with Gasteiger partial charge < -0.3 is 19.9 Å². The van der Waals surface area contributed by atoms with Crippen LogP contribution >= 0.6 is 0 Å². The lowest BCUT2D eigenvalue weighted by Gasteiger charge is -2.14. The fourth-order valence-corrected chi connectivity index (χ4v) is 1.53. The molecule has 0 radical (unpaired) electrons. The molecule has 0 fully saturated rings. The molecule has 18 heavy (non-hydrogen) atoms. The minimum atomic E-state index is -0.425. The molecule has 0 amide bonds. The Morgan fingerprint density at radius 3 is 2.22 bits per heavy atom. The third-order valence-electron chi connectivity index (χ3n) is 2.34. The summed E-state index contributed by atoms with van der Waals surface area (Å²) < 4.78 is 10.1. The molecular weight excluding hydrogens is 234 g/mol. The highest BCUT2D eigenvalue weighted by molar-refractivity contribution is 5.33. The van der Waals surface area contributed by atoms with Crippen LogP contribution in [0.2, 0.25) is 0 Å². The van der Waals surface area contributed by atoms with E-state index in [4.69, 9.17) is 9.47 Å². The Labute approximate surface area is 107 Å². The molecule has 1 heterocycles. The number of anilines is 1. The lowest BCUT2D eigenvalue weighted by Crippen LogP contribution is -2.22. The van der Waals surface area contributed by atoms with Gasteiger partial charge in [0, 0.05) is 6.54 Å². The molecule has 1 unspecified atom stereocenters. The quantitative estimate of drug-likeness (QED) is 0.765. The van der Waals surface area contributed by atoms with Crippen molar-refractivity contribution >= 4 is 5.95 Å². The summed E-state index contributed by atoms with van der Waals surface area (Å²) in [6, 6.07) is 1.59. The fourth-order valence-electron chi connectivity index (χ4n) is 1.53. The average molecular weight is 255 g/mol. The highest BCUT2D eigenvalue weighted by atomic mass is 16.5. The largest absolute Gasteiger partial charge is 0.481 e. The first-order valence-electron chi connectivity index (χ1n) is 5.94. The van der Waals surface area contributed by atoms with Crippen molar-refractivity contribution in [2.24, 2.45) is 5.92 Å². The molecule has 0 saturated carbocycles. The number of hydrogen-bond donors (Lipinski definition) is 2. The minimum absolute atomic E-state index is 0.383. The maximum Gasteiger partial charge on any atom is 0.229 e. The van der Waals surface area contributed by atoms with Crippen LogP contribution in [0.1, 0.15) is 20.3 Å². The Kier molecular flexibility index (Phi) is 5.64. The summed E-state index contributed by atoms with van der Waals surface area (Å²) in [7, 11) is 3.05. The summed E-state index contributed by atoms with van der Waals surface area (Å²) in [5.74, 6) is 1.67. The van der Waals surface area contributed by atoms with Gasteiger partial charge in [-0.15, -0.1) is 0 Å². The number of nitrogens with zero attached hydrogens (tertiary/aromatic N) is 2. The molecular formula is C12H21N3O3. The Hall–Kier alpha value is -1.56. The van der Waals surface area contributed by atoms with E-state index in [2.05, 4.69) is 29.1 Å². The van der Waals surface area contributed by atoms with Gasteiger partial charge in [-0.3, -0.25) is 0 Å². The first kappa shape index (κ1) is 14.5. The van der Waals surface area contributed by atoms with E-state index in [9.17, 15) is 5.11 Å². The number of hydrogen-bond acceptors (Lipinski definition) is 6. The molecule has 0 aliphatic carbocycles. The molecule has 2 N–H and O–H groups in total. The molecule has 1 aromatic heterocycles. The van der Waals surface area contributed by atoms with Crippen molar-refractivity contribution in [3.05, 3.63) is 6.07 Å². The fraction of sp³-hybridized carbons (Fsp3) is 0.667. The van der Waals surface area contributed by atoms with E-state index in [1.54, 1.807) is 6.07 Å². The van der Waals surface area contributed by atoms with Crippen molar-refractivity contribution in [2.75, 3.05) is 26.1 Å². The van der Waals surface area contributed by atoms with Crippen molar-refractivity contribution in [3.63, 3.8) is 0 Å². The lowest BCUT2D eigenvalue weighted by atomic mass is 10.1. The summed E-state index contributed by atoms with van der Waals surface area (Å²) in [6.07, 6.45) is 0.305. The number of ether oxygens (including phenoxy) is 2. The van der Waals surface area contributed by atoms with Crippen molar-refractivity contribution < 1.29 is 14.6 Å². The van der Waals surface area contributed by atoms with Gasteiger partial charge in [-0.2, -0.15) is 9.97 Å². The molecule has 6 nitrogen and oxygen atoms in total. The molecule has 102 valence electrons. The van der Waals surface area contributed by atoms with Crippen molar-refractivity contribution in [3.8, 4) is 11.8 Å². The first-order chi connectivity index (χ1) is 8.55. The third kappa shape index (κ3) is 4.75. The number of rotatable bonds is 7. The summed E-state index contributed by atoms with van der Waals surface area (Å²) in [5, 5.41) is 12.7. The van der Waals surface area contributed by atoms with Gasteiger partial charge in [-0.05, 0) is 12.3 Å². The second-order valence-electron chi connectivity index (χ2n) is 4.44. The summed E-state index contributed by atoms with van der Waals surface area (Å²) >= 11 is 0. The van der Waals surface area contributed by atoms with Gasteiger partial charge in [0.2, 0.25) is 17.7 Å².